The smallest absolute Gasteiger partial charge is 0.322 e. The van der Waals surface area contributed by atoms with Crippen LogP contribution in [0.1, 0.15) is 58.6 Å². The standard InChI is InChI=1S/C23H25N5O4/c1-2-32-19(29)11-14-3-7-16(8-4-14)26-23(31)27-9-10-28-18(13-27)20(22(25)30)17(12-24)21(28)15-5-6-15/h3-4,7-8,15H,2,5-6,9-11,13H2,1H3,(H2,25,30)(H,26,31). The largest absolute Gasteiger partial charge is 0.466 e. The Labute approximate surface area is 185 Å². The molecular formula is C23H25N5O4. The number of aromatic nitrogens is 1. The van der Waals surface area contributed by atoms with Crippen LogP contribution >= 0.6 is 0 Å². The van der Waals surface area contributed by atoms with Crippen LogP contribution in [0.3, 0.4) is 0 Å². The van der Waals surface area contributed by atoms with Gasteiger partial charge >= 0.3 is 12.0 Å². The third-order valence-electron chi connectivity index (χ3n) is 5.81. The first-order valence-corrected chi connectivity index (χ1v) is 10.7. The van der Waals surface area contributed by atoms with Crippen LogP contribution in [0.4, 0.5) is 10.5 Å². The molecular weight excluding hydrogens is 410 g/mol. The Bertz CT molecular complexity index is 1110. The molecule has 0 spiro atoms. The second-order valence-electron chi connectivity index (χ2n) is 8.01. The highest BCUT2D eigenvalue weighted by molar-refractivity contribution is 5.98. The third-order valence-corrected chi connectivity index (χ3v) is 5.81. The number of rotatable bonds is 6. The van der Waals surface area contributed by atoms with E-state index in [9.17, 15) is 19.6 Å². The number of nitrogens with two attached hydrogens (primary N) is 1. The molecule has 166 valence electrons. The van der Waals surface area contributed by atoms with Gasteiger partial charge in [0.15, 0.2) is 0 Å². The van der Waals surface area contributed by atoms with E-state index < -0.39 is 5.91 Å². The second-order valence-corrected chi connectivity index (χ2v) is 8.01. The van der Waals surface area contributed by atoms with Crippen molar-refractivity contribution in [2.24, 2.45) is 5.73 Å². The molecule has 0 radical (unpaired) electrons. The third kappa shape index (κ3) is 4.17. The van der Waals surface area contributed by atoms with Gasteiger partial charge in [-0.05, 0) is 37.5 Å². The van der Waals surface area contributed by atoms with Crippen molar-refractivity contribution >= 4 is 23.6 Å². The van der Waals surface area contributed by atoms with Crippen molar-refractivity contribution in [1.29, 1.82) is 5.26 Å². The summed E-state index contributed by atoms with van der Waals surface area (Å²) in [5, 5.41) is 12.5. The molecule has 1 aromatic carbocycles. The number of nitrogens with zero attached hydrogens (tertiary/aromatic N) is 3. The van der Waals surface area contributed by atoms with Crippen molar-refractivity contribution in [1.82, 2.24) is 9.47 Å². The SMILES string of the molecule is CCOC(=O)Cc1ccc(NC(=O)N2CCn3c(c(C(N)=O)c(C#N)c3C3CC3)C2)cc1. The van der Waals surface area contributed by atoms with Gasteiger partial charge in [-0.1, -0.05) is 12.1 Å². The summed E-state index contributed by atoms with van der Waals surface area (Å²) in [4.78, 5) is 38.2. The van der Waals surface area contributed by atoms with Crippen LogP contribution in [-0.2, 0) is 29.0 Å². The molecule has 2 heterocycles. The molecule has 1 fully saturated rings. The summed E-state index contributed by atoms with van der Waals surface area (Å²) in [5.74, 6) is -0.658. The normalized spacial score (nSPS) is 14.9. The molecule has 1 saturated carbocycles. The second kappa shape index (κ2) is 8.75. The van der Waals surface area contributed by atoms with Crippen LogP contribution in [0.15, 0.2) is 24.3 Å². The number of carbonyl (C=O) groups excluding carboxylic acids is 3. The summed E-state index contributed by atoms with van der Waals surface area (Å²) in [7, 11) is 0. The molecule has 0 atom stereocenters. The van der Waals surface area contributed by atoms with E-state index in [1.807, 2.05) is 4.57 Å². The quantitative estimate of drug-likeness (QED) is 0.673. The summed E-state index contributed by atoms with van der Waals surface area (Å²) < 4.78 is 6.95. The average Bonchev–Trinajstić information content (AvgIpc) is 3.55. The van der Waals surface area contributed by atoms with Gasteiger partial charge in [0.1, 0.15) is 6.07 Å². The lowest BCUT2D eigenvalue weighted by atomic mass is 10.1. The number of hydrogen-bond donors (Lipinski definition) is 2. The molecule has 2 aliphatic rings. The van der Waals surface area contributed by atoms with E-state index in [0.717, 1.165) is 24.1 Å². The summed E-state index contributed by atoms with van der Waals surface area (Å²) in [6, 6.07) is 8.84. The minimum absolute atomic E-state index is 0.172. The van der Waals surface area contributed by atoms with Crippen LogP contribution in [0.2, 0.25) is 0 Å². The Balaban J connectivity index is 1.48. The van der Waals surface area contributed by atoms with Gasteiger partial charge in [0.25, 0.3) is 5.91 Å². The van der Waals surface area contributed by atoms with E-state index in [0.29, 0.717) is 36.6 Å². The van der Waals surface area contributed by atoms with E-state index in [1.54, 1.807) is 36.1 Å². The molecule has 1 aromatic heterocycles. The molecule has 9 nitrogen and oxygen atoms in total. The number of primary amides is 1. The molecule has 0 saturated heterocycles. The predicted octanol–water partition coefficient (Wildman–Crippen LogP) is 2.49. The molecule has 9 heteroatoms. The van der Waals surface area contributed by atoms with Crippen molar-refractivity contribution < 1.29 is 19.1 Å². The lowest BCUT2D eigenvalue weighted by molar-refractivity contribution is -0.142. The number of fused-ring (bicyclic) bond motifs is 1. The Morgan fingerprint density at radius 2 is 1.94 bits per heavy atom. The van der Waals surface area contributed by atoms with Crippen LogP contribution in [0, 0.1) is 11.3 Å². The van der Waals surface area contributed by atoms with Gasteiger partial charge in [0.2, 0.25) is 0 Å². The number of urea groups is 1. The zero-order chi connectivity index (χ0) is 22.8. The molecule has 3 amide bonds. The van der Waals surface area contributed by atoms with E-state index >= 15 is 0 Å². The van der Waals surface area contributed by atoms with Crippen LogP contribution in [-0.4, -0.2) is 40.5 Å². The molecule has 0 bridgehead atoms. The van der Waals surface area contributed by atoms with Crippen molar-refractivity contribution in [3.63, 3.8) is 0 Å². The lowest BCUT2D eigenvalue weighted by Crippen LogP contribution is -2.41. The maximum atomic E-state index is 12.9. The summed E-state index contributed by atoms with van der Waals surface area (Å²) >= 11 is 0. The maximum absolute atomic E-state index is 12.9. The maximum Gasteiger partial charge on any atom is 0.322 e. The van der Waals surface area contributed by atoms with Gasteiger partial charge in [-0.15, -0.1) is 0 Å². The highest BCUT2D eigenvalue weighted by Gasteiger charge is 2.37. The lowest BCUT2D eigenvalue weighted by Gasteiger charge is -2.30. The molecule has 32 heavy (non-hydrogen) atoms. The summed E-state index contributed by atoms with van der Waals surface area (Å²) in [6.45, 7) is 3.26. The van der Waals surface area contributed by atoms with Gasteiger partial charge in [-0.25, -0.2) is 4.79 Å². The zero-order valence-electron chi connectivity index (χ0n) is 17.9. The predicted molar refractivity (Wildman–Crippen MR) is 116 cm³/mol. The zero-order valence-corrected chi connectivity index (χ0v) is 17.9. The first-order valence-electron chi connectivity index (χ1n) is 10.7. The van der Waals surface area contributed by atoms with E-state index in [1.165, 1.54) is 0 Å². The highest BCUT2D eigenvalue weighted by Crippen LogP contribution is 2.44. The monoisotopic (exact) mass is 435 g/mol. The van der Waals surface area contributed by atoms with Gasteiger partial charge in [-0.2, -0.15) is 5.26 Å². The summed E-state index contributed by atoms with van der Waals surface area (Å²) in [6.07, 6.45) is 2.16. The number of nitrogens with one attached hydrogen (secondary N) is 1. The number of esters is 1. The van der Waals surface area contributed by atoms with Crippen LogP contribution < -0.4 is 11.1 Å². The van der Waals surface area contributed by atoms with Crippen molar-refractivity contribution in [2.45, 2.75) is 45.2 Å². The van der Waals surface area contributed by atoms with E-state index in [4.69, 9.17) is 10.5 Å². The Morgan fingerprint density at radius 1 is 1.22 bits per heavy atom. The number of ether oxygens (including phenoxy) is 1. The van der Waals surface area contributed by atoms with Gasteiger partial charge in [0, 0.05) is 30.4 Å². The van der Waals surface area contributed by atoms with Crippen molar-refractivity contribution in [3.05, 3.63) is 52.3 Å². The Hall–Kier alpha value is -3.80. The van der Waals surface area contributed by atoms with Crippen molar-refractivity contribution in [2.75, 3.05) is 18.5 Å². The number of benzene rings is 1. The number of amides is 3. The van der Waals surface area contributed by atoms with E-state index in [-0.39, 0.29) is 36.4 Å². The molecule has 3 N–H and O–H groups in total. The van der Waals surface area contributed by atoms with Gasteiger partial charge in [0.05, 0.1) is 36.4 Å². The fourth-order valence-corrected chi connectivity index (χ4v) is 4.21. The van der Waals surface area contributed by atoms with E-state index in [2.05, 4.69) is 11.4 Å². The van der Waals surface area contributed by atoms with Gasteiger partial charge < -0.3 is 25.3 Å². The Morgan fingerprint density at radius 3 is 2.53 bits per heavy atom. The first-order chi connectivity index (χ1) is 15.4. The van der Waals surface area contributed by atoms with Crippen molar-refractivity contribution in [3.8, 4) is 6.07 Å². The first kappa shape index (κ1) is 21.4. The fraction of sp³-hybridized carbons (Fsp3) is 0.391. The fourth-order valence-electron chi connectivity index (χ4n) is 4.21. The number of anilines is 1. The minimum Gasteiger partial charge on any atom is -0.466 e. The van der Waals surface area contributed by atoms with Crippen LogP contribution in [0.25, 0.3) is 0 Å². The minimum atomic E-state index is -0.642. The highest BCUT2D eigenvalue weighted by atomic mass is 16.5. The van der Waals surface area contributed by atoms with Crippen LogP contribution in [0.5, 0.6) is 0 Å². The molecule has 1 aliphatic carbocycles. The number of carbonyl (C=O) groups is 3. The number of hydrogen-bond acceptors (Lipinski definition) is 5. The molecule has 4 rings (SSSR count). The topological polar surface area (TPSA) is 130 Å². The van der Waals surface area contributed by atoms with Gasteiger partial charge in [-0.3, -0.25) is 9.59 Å². The molecule has 0 unspecified atom stereocenters. The average molecular weight is 435 g/mol. The molecule has 2 aromatic rings. The molecule has 1 aliphatic heterocycles. The Kier molecular flexibility index (Phi) is 5.86. The summed E-state index contributed by atoms with van der Waals surface area (Å²) in [5.41, 5.74) is 9.09. The number of nitriles is 1.